The fourth-order valence-corrected chi connectivity index (χ4v) is 2.70. The number of amides is 1. The largest absolute Gasteiger partial charge is 0.387 e. The SMILES string of the molecule is CNc1ccc(C(=O)Nc2cc(F)c(F)c(F)c2)cc1S(N)(=O)=O. The van der Waals surface area contributed by atoms with Gasteiger partial charge >= 0.3 is 0 Å². The Morgan fingerprint density at radius 3 is 2.17 bits per heavy atom. The molecule has 6 nitrogen and oxygen atoms in total. The molecule has 24 heavy (non-hydrogen) atoms. The van der Waals surface area contributed by atoms with E-state index in [2.05, 4.69) is 10.6 Å². The van der Waals surface area contributed by atoms with Crippen molar-refractivity contribution in [3.8, 4) is 0 Å². The van der Waals surface area contributed by atoms with E-state index in [1.165, 1.54) is 19.2 Å². The highest BCUT2D eigenvalue weighted by Gasteiger charge is 2.18. The molecular formula is C14H12F3N3O3S. The predicted octanol–water partition coefficient (Wildman–Crippen LogP) is 2.05. The average molecular weight is 359 g/mol. The van der Waals surface area contributed by atoms with Gasteiger partial charge in [-0.3, -0.25) is 4.79 Å². The predicted molar refractivity (Wildman–Crippen MR) is 81.6 cm³/mol. The van der Waals surface area contributed by atoms with Crippen LogP contribution in [0.2, 0.25) is 0 Å². The van der Waals surface area contributed by atoms with Gasteiger partial charge in [-0.15, -0.1) is 0 Å². The zero-order chi connectivity index (χ0) is 18.1. The molecule has 0 aliphatic heterocycles. The van der Waals surface area contributed by atoms with Gasteiger partial charge in [0.15, 0.2) is 17.5 Å². The number of rotatable bonds is 4. The van der Waals surface area contributed by atoms with Crippen molar-refractivity contribution in [3.63, 3.8) is 0 Å². The maximum absolute atomic E-state index is 13.1. The molecule has 0 saturated heterocycles. The van der Waals surface area contributed by atoms with Crippen LogP contribution in [0, 0.1) is 17.5 Å². The van der Waals surface area contributed by atoms with Crippen molar-refractivity contribution in [2.75, 3.05) is 17.7 Å². The first-order valence-corrected chi connectivity index (χ1v) is 7.98. The van der Waals surface area contributed by atoms with Crippen LogP contribution < -0.4 is 15.8 Å². The van der Waals surface area contributed by atoms with Gasteiger partial charge in [0.1, 0.15) is 4.90 Å². The molecule has 0 spiro atoms. The summed E-state index contributed by atoms with van der Waals surface area (Å²) in [6.07, 6.45) is 0. The van der Waals surface area contributed by atoms with E-state index in [9.17, 15) is 26.4 Å². The first-order chi connectivity index (χ1) is 11.1. The summed E-state index contributed by atoms with van der Waals surface area (Å²) in [6, 6.07) is 4.79. The second-order valence-corrected chi connectivity index (χ2v) is 6.24. The van der Waals surface area contributed by atoms with Crippen molar-refractivity contribution in [1.82, 2.24) is 0 Å². The fraction of sp³-hybridized carbons (Fsp3) is 0.0714. The standard InChI is InChI=1S/C14H12F3N3O3S/c1-19-11-3-2-7(4-12(11)24(18,22)23)14(21)20-8-5-9(15)13(17)10(16)6-8/h2-6,19H,1H3,(H,20,21)(H2,18,22,23). The van der Waals surface area contributed by atoms with Crippen LogP contribution >= 0.6 is 0 Å². The number of hydrogen-bond donors (Lipinski definition) is 3. The summed E-state index contributed by atoms with van der Waals surface area (Å²) in [5, 5.41) is 9.82. The number of carbonyl (C=O) groups is 1. The highest BCUT2D eigenvalue weighted by molar-refractivity contribution is 7.89. The van der Waals surface area contributed by atoms with Crippen LogP contribution in [0.15, 0.2) is 35.2 Å². The van der Waals surface area contributed by atoms with Crippen LogP contribution in [0.5, 0.6) is 0 Å². The van der Waals surface area contributed by atoms with Gasteiger partial charge in [0.05, 0.1) is 5.69 Å². The minimum Gasteiger partial charge on any atom is -0.387 e. The Balaban J connectivity index is 2.37. The molecule has 0 saturated carbocycles. The molecule has 10 heteroatoms. The van der Waals surface area contributed by atoms with Crippen molar-refractivity contribution in [2.45, 2.75) is 4.90 Å². The number of nitrogens with two attached hydrogens (primary N) is 1. The van der Waals surface area contributed by atoms with E-state index in [-0.39, 0.29) is 21.8 Å². The Morgan fingerprint density at radius 1 is 1.08 bits per heavy atom. The van der Waals surface area contributed by atoms with Crippen molar-refractivity contribution in [1.29, 1.82) is 0 Å². The molecule has 0 heterocycles. The summed E-state index contributed by atoms with van der Waals surface area (Å²) in [7, 11) is -2.64. The number of carbonyl (C=O) groups excluding carboxylic acids is 1. The van der Waals surface area contributed by atoms with Crippen LogP contribution in [-0.4, -0.2) is 21.4 Å². The van der Waals surface area contributed by atoms with Gasteiger partial charge < -0.3 is 10.6 Å². The van der Waals surface area contributed by atoms with Crippen LogP contribution in [0.3, 0.4) is 0 Å². The maximum Gasteiger partial charge on any atom is 0.255 e. The van der Waals surface area contributed by atoms with Gasteiger partial charge in [-0.25, -0.2) is 26.7 Å². The quantitative estimate of drug-likeness (QED) is 0.727. The highest BCUT2D eigenvalue weighted by Crippen LogP contribution is 2.23. The van der Waals surface area contributed by atoms with Gasteiger partial charge in [-0.1, -0.05) is 0 Å². The molecule has 2 rings (SSSR count). The number of hydrogen-bond acceptors (Lipinski definition) is 4. The van der Waals surface area contributed by atoms with Gasteiger partial charge in [-0.2, -0.15) is 0 Å². The van der Waals surface area contributed by atoms with Gasteiger partial charge in [-0.05, 0) is 18.2 Å². The van der Waals surface area contributed by atoms with Crippen LogP contribution in [0.1, 0.15) is 10.4 Å². The lowest BCUT2D eigenvalue weighted by Crippen LogP contribution is -2.17. The molecule has 0 bridgehead atoms. The molecule has 0 radical (unpaired) electrons. The number of sulfonamides is 1. The molecule has 4 N–H and O–H groups in total. The maximum atomic E-state index is 13.1. The highest BCUT2D eigenvalue weighted by atomic mass is 32.2. The smallest absolute Gasteiger partial charge is 0.255 e. The van der Waals surface area contributed by atoms with E-state index in [1.807, 2.05) is 0 Å². The van der Waals surface area contributed by atoms with E-state index in [0.717, 1.165) is 6.07 Å². The first-order valence-electron chi connectivity index (χ1n) is 6.44. The van der Waals surface area contributed by atoms with Crippen LogP contribution in [-0.2, 0) is 10.0 Å². The second kappa shape index (κ2) is 6.49. The van der Waals surface area contributed by atoms with Gasteiger partial charge in [0.25, 0.3) is 5.91 Å². The monoisotopic (exact) mass is 359 g/mol. The molecule has 1 amide bonds. The summed E-state index contributed by atoms with van der Waals surface area (Å²) in [6.45, 7) is 0. The Kier molecular flexibility index (Phi) is 4.81. The third-order valence-electron chi connectivity index (χ3n) is 3.06. The normalized spacial score (nSPS) is 11.2. The molecule has 0 atom stereocenters. The molecule has 2 aromatic carbocycles. The number of primary sulfonamides is 1. The third kappa shape index (κ3) is 3.66. The second-order valence-electron chi connectivity index (χ2n) is 4.71. The molecule has 2 aromatic rings. The topological polar surface area (TPSA) is 101 Å². The molecule has 0 aliphatic rings. The number of nitrogens with one attached hydrogen (secondary N) is 2. The van der Waals surface area contributed by atoms with Crippen molar-refractivity contribution < 1.29 is 26.4 Å². The Morgan fingerprint density at radius 2 is 1.67 bits per heavy atom. The summed E-state index contributed by atoms with van der Waals surface area (Å²) in [4.78, 5) is 11.8. The Labute approximate surface area is 135 Å². The number of benzene rings is 2. The van der Waals surface area contributed by atoms with Crippen molar-refractivity contribution in [2.24, 2.45) is 5.14 Å². The number of halogens is 3. The lowest BCUT2D eigenvalue weighted by molar-refractivity contribution is 0.102. The van der Waals surface area contributed by atoms with Crippen LogP contribution in [0.25, 0.3) is 0 Å². The van der Waals surface area contributed by atoms with E-state index in [1.54, 1.807) is 0 Å². The van der Waals surface area contributed by atoms with E-state index >= 15 is 0 Å². The van der Waals surface area contributed by atoms with Gasteiger partial charge in [0, 0.05) is 30.4 Å². The molecule has 0 fully saturated rings. The lowest BCUT2D eigenvalue weighted by Gasteiger charge is -2.10. The van der Waals surface area contributed by atoms with Gasteiger partial charge in [0.2, 0.25) is 10.0 Å². The molecule has 0 aromatic heterocycles. The summed E-state index contributed by atoms with van der Waals surface area (Å²) in [5.74, 6) is -5.46. The Bertz CT molecular complexity index is 894. The zero-order valence-corrected chi connectivity index (χ0v) is 13.0. The molecule has 128 valence electrons. The minimum absolute atomic E-state index is 0.122. The fourth-order valence-electron chi connectivity index (χ4n) is 1.94. The lowest BCUT2D eigenvalue weighted by atomic mass is 10.2. The molecular weight excluding hydrogens is 347 g/mol. The van der Waals surface area contributed by atoms with E-state index in [0.29, 0.717) is 12.1 Å². The number of anilines is 2. The molecule has 0 aliphatic carbocycles. The van der Waals surface area contributed by atoms with Crippen molar-refractivity contribution >= 4 is 27.3 Å². The molecule has 0 unspecified atom stereocenters. The first kappa shape index (κ1) is 17.8. The zero-order valence-electron chi connectivity index (χ0n) is 12.2. The van der Waals surface area contributed by atoms with E-state index < -0.39 is 33.4 Å². The van der Waals surface area contributed by atoms with E-state index in [4.69, 9.17) is 5.14 Å². The average Bonchev–Trinajstić information content (AvgIpc) is 2.51. The van der Waals surface area contributed by atoms with Crippen LogP contribution in [0.4, 0.5) is 24.5 Å². The van der Waals surface area contributed by atoms with Crippen molar-refractivity contribution in [3.05, 3.63) is 53.3 Å². The summed E-state index contributed by atoms with van der Waals surface area (Å²) < 4.78 is 62.2. The Hall–Kier alpha value is -2.59. The minimum atomic E-state index is -4.11. The summed E-state index contributed by atoms with van der Waals surface area (Å²) in [5.41, 5.74) is -0.276. The summed E-state index contributed by atoms with van der Waals surface area (Å²) >= 11 is 0. The third-order valence-corrected chi connectivity index (χ3v) is 4.01.